The fraction of sp³-hybridized carbons (Fsp3) is 0.818. The van der Waals surface area contributed by atoms with E-state index in [4.69, 9.17) is 11.6 Å². The van der Waals surface area contributed by atoms with Crippen molar-refractivity contribution in [2.24, 2.45) is 0 Å². The molecule has 1 atom stereocenters. The quantitative estimate of drug-likeness (QED) is 0.781. The smallest absolute Gasteiger partial charge is 0.157 e. The fourth-order valence-electron chi connectivity index (χ4n) is 1.30. The lowest BCUT2D eigenvalue weighted by molar-refractivity contribution is 0.545. The number of hydrogen-bond acceptors (Lipinski definition) is 4. The molecule has 0 saturated carbocycles. The van der Waals surface area contributed by atoms with Crippen LogP contribution in [0.5, 0.6) is 0 Å². The largest absolute Gasteiger partial charge is 0.251 e. The standard InChI is InChI=1S/C11H20ClN3O2S/c1-5-9(12)10-8-15(14-13-10)6-7-18(16,17)11(2,3)4/h8-9H,5-7H2,1-4H3. The molecule has 1 aromatic heterocycles. The van der Waals surface area contributed by atoms with Crippen molar-refractivity contribution in [3.63, 3.8) is 0 Å². The topological polar surface area (TPSA) is 64.8 Å². The fourth-order valence-corrected chi connectivity index (χ4v) is 2.44. The van der Waals surface area contributed by atoms with Gasteiger partial charge < -0.3 is 0 Å². The second-order valence-electron chi connectivity index (χ2n) is 5.21. The normalized spacial score (nSPS) is 14.7. The van der Waals surface area contributed by atoms with E-state index in [1.165, 1.54) is 4.68 Å². The van der Waals surface area contributed by atoms with E-state index >= 15 is 0 Å². The van der Waals surface area contributed by atoms with Crippen LogP contribution in [0.1, 0.15) is 45.2 Å². The van der Waals surface area contributed by atoms with Gasteiger partial charge in [-0.25, -0.2) is 8.42 Å². The Labute approximate surface area is 113 Å². The lowest BCUT2D eigenvalue weighted by Gasteiger charge is -2.18. The maximum Gasteiger partial charge on any atom is 0.157 e. The van der Waals surface area contributed by atoms with Crippen molar-refractivity contribution in [1.29, 1.82) is 0 Å². The zero-order valence-corrected chi connectivity index (χ0v) is 12.8. The Hall–Kier alpha value is -0.620. The van der Waals surface area contributed by atoms with Crippen molar-refractivity contribution in [3.05, 3.63) is 11.9 Å². The van der Waals surface area contributed by atoms with Crippen molar-refractivity contribution in [1.82, 2.24) is 15.0 Å². The third-order valence-electron chi connectivity index (χ3n) is 2.76. The molecule has 0 saturated heterocycles. The molecule has 18 heavy (non-hydrogen) atoms. The molecular weight excluding hydrogens is 274 g/mol. The first-order valence-electron chi connectivity index (χ1n) is 5.94. The molecular formula is C11H20ClN3O2S. The van der Waals surface area contributed by atoms with Gasteiger partial charge in [0.2, 0.25) is 0 Å². The number of nitrogens with zero attached hydrogens (tertiary/aromatic N) is 3. The van der Waals surface area contributed by atoms with E-state index in [1.54, 1.807) is 27.0 Å². The highest BCUT2D eigenvalue weighted by molar-refractivity contribution is 7.92. The second-order valence-corrected chi connectivity index (χ2v) is 8.60. The number of hydrogen-bond donors (Lipinski definition) is 0. The van der Waals surface area contributed by atoms with Crippen LogP contribution in [0.2, 0.25) is 0 Å². The van der Waals surface area contributed by atoms with Crippen molar-refractivity contribution < 1.29 is 8.42 Å². The summed E-state index contributed by atoms with van der Waals surface area (Å²) in [5.41, 5.74) is 0.687. The molecule has 0 aliphatic heterocycles. The van der Waals surface area contributed by atoms with Gasteiger partial charge in [0.25, 0.3) is 0 Å². The Balaban J connectivity index is 2.68. The summed E-state index contributed by atoms with van der Waals surface area (Å²) in [6.07, 6.45) is 2.47. The van der Waals surface area contributed by atoms with Gasteiger partial charge in [-0.1, -0.05) is 12.1 Å². The molecule has 0 bridgehead atoms. The zero-order valence-electron chi connectivity index (χ0n) is 11.2. The minimum Gasteiger partial charge on any atom is -0.251 e. The van der Waals surface area contributed by atoms with Crippen LogP contribution in [0.4, 0.5) is 0 Å². The van der Waals surface area contributed by atoms with Crippen LogP contribution in [0.3, 0.4) is 0 Å². The Morgan fingerprint density at radius 2 is 2.06 bits per heavy atom. The van der Waals surface area contributed by atoms with Gasteiger partial charge >= 0.3 is 0 Å². The van der Waals surface area contributed by atoms with Crippen molar-refractivity contribution in [2.75, 3.05) is 5.75 Å². The van der Waals surface area contributed by atoms with Crippen LogP contribution in [0.25, 0.3) is 0 Å². The molecule has 0 N–H and O–H groups in total. The van der Waals surface area contributed by atoms with Gasteiger partial charge in [0.05, 0.1) is 22.4 Å². The summed E-state index contributed by atoms with van der Waals surface area (Å²) in [5.74, 6) is 0.0539. The van der Waals surface area contributed by atoms with Crippen molar-refractivity contribution in [3.8, 4) is 0 Å². The number of halogens is 1. The maximum absolute atomic E-state index is 11.9. The average Bonchev–Trinajstić information content (AvgIpc) is 2.72. The van der Waals surface area contributed by atoms with E-state index in [1.807, 2.05) is 6.92 Å². The molecule has 0 spiro atoms. The lowest BCUT2D eigenvalue weighted by atomic mass is 10.3. The number of sulfone groups is 1. The van der Waals surface area contributed by atoms with E-state index in [9.17, 15) is 8.42 Å². The highest BCUT2D eigenvalue weighted by Crippen LogP contribution is 2.21. The molecule has 0 aromatic carbocycles. The molecule has 1 heterocycles. The minimum absolute atomic E-state index is 0.0539. The maximum atomic E-state index is 11.9. The lowest BCUT2D eigenvalue weighted by Crippen LogP contribution is -2.32. The third kappa shape index (κ3) is 3.68. The monoisotopic (exact) mass is 293 g/mol. The third-order valence-corrected chi connectivity index (χ3v) is 5.88. The molecule has 7 heteroatoms. The summed E-state index contributed by atoms with van der Waals surface area (Å²) in [7, 11) is -3.13. The van der Waals surface area contributed by atoms with E-state index in [-0.39, 0.29) is 11.1 Å². The molecule has 0 amide bonds. The zero-order chi connectivity index (χ0) is 14.0. The van der Waals surface area contributed by atoms with E-state index in [0.717, 1.165) is 6.42 Å². The summed E-state index contributed by atoms with van der Waals surface area (Å²) in [6.45, 7) is 7.35. The first-order valence-corrected chi connectivity index (χ1v) is 8.02. The number of aromatic nitrogens is 3. The van der Waals surface area contributed by atoms with Crippen LogP contribution in [-0.2, 0) is 16.4 Å². The molecule has 0 radical (unpaired) electrons. The first kappa shape index (κ1) is 15.4. The summed E-state index contributed by atoms with van der Waals surface area (Å²) < 4.78 is 24.7. The summed E-state index contributed by atoms with van der Waals surface area (Å²) in [4.78, 5) is 0. The Kier molecular flexibility index (Phi) is 4.78. The Bertz CT molecular complexity index is 491. The van der Waals surface area contributed by atoms with E-state index in [2.05, 4.69) is 10.3 Å². The van der Waals surface area contributed by atoms with Crippen LogP contribution in [-0.4, -0.2) is 33.9 Å². The minimum atomic E-state index is -3.13. The van der Waals surface area contributed by atoms with Gasteiger partial charge in [-0.2, -0.15) is 0 Å². The molecule has 1 unspecified atom stereocenters. The van der Waals surface area contributed by atoms with Gasteiger partial charge in [0, 0.05) is 6.20 Å². The van der Waals surface area contributed by atoms with E-state index in [0.29, 0.717) is 12.2 Å². The summed E-state index contributed by atoms with van der Waals surface area (Å²) in [5, 5.41) is 7.66. The van der Waals surface area contributed by atoms with Gasteiger partial charge in [0.1, 0.15) is 5.69 Å². The van der Waals surface area contributed by atoms with Crippen LogP contribution in [0, 0.1) is 0 Å². The Morgan fingerprint density at radius 3 is 2.56 bits per heavy atom. The predicted molar refractivity (Wildman–Crippen MR) is 72.4 cm³/mol. The molecule has 1 aromatic rings. The molecule has 1 rings (SSSR count). The Morgan fingerprint density at radius 1 is 1.44 bits per heavy atom. The molecule has 104 valence electrons. The average molecular weight is 294 g/mol. The van der Waals surface area contributed by atoms with Gasteiger partial charge in [-0.15, -0.1) is 16.7 Å². The van der Waals surface area contributed by atoms with Crippen molar-refractivity contribution >= 4 is 21.4 Å². The highest BCUT2D eigenvalue weighted by atomic mass is 35.5. The number of rotatable bonds is 5. The SMILES string of the molecule is CCC(Cl)c1cn(CCS(=O)(=O)C(C)(C)C)nn1. The summed E-state index contributed by atoms with van der Waals surface area (Å²) in [6, 6.07) is 0. The van der Waals surface area contributed by atoms with Gasteiger partial charge in [-0.3, -0.25) is 4.68 Å². The van der Waals surface area contributed by atoms with Crippen LogP contribution >= 0.6 is 11.6 Å². The van der Waals surface area contributed by atoms with Gasteiger partial charge in [0.15, 0.2) is 9.84 Å². The summed E-state index contributed by atoms with van der Waals surface area (Å²) >= 11 is 6.03. The molecule has 0 aliphatic rings. The predicted octanol–water partition coefficient (Wildman–Crippen LogP) is 2.18. The highest BCUT2D eigenvalue weighted by Gasteiger charge is 2.28. The van der Waals surface area contributed by atoms with Gasteiger partial charge in [-0.05, 0) is 27.2 Å². The number of aryl methyl sites for hydroxylation is 1. The van der Waals surface area contributed by atoms with Crippen LogP contribution < -0.4 is 0 Å². The second kappa shape index (κ2) is 5.57. The van der Waals surface area contributed by atoms with E-state index < -0.39 is 14.6 Å². The van der Waals surface area contributed by atoms with Crippen molar-refractivity contribution in [2.45, 2.75) is 50.8 Å². The molecule has 5 nitrogen and oxygen atoms in total. The first-order chi connectivity index (χ1) is 8.17. The molecule has 0 aliphatic carbocycles. The van der Waals surface area contributed by atoms with Crippen LogP contribution in [0.15, 0.2) is 6.20 Å². The molecule has 0 fully saturated rings. The number of alkyl halides is 1.